The minimum Gasteiger partial charge on any atom is -0.303 e. The molecule has 1 saturated heterocycles. The lowest BCUT2D eigenvalue weighted by molar-refractivity contribution is 0.0890. The van der Waals surface area contributed by atoms with Gasteiger partial charge in [0.25, 0.3) is 0 Å². The van der Waals surface area contributed by atoms with Gasteiger partial charge in [-0.3, -0.25) is 0 Å². The Kier molecular flexibility index (Phi) is 3.86. The van der Waals surface area contributed by atoms with Crippen molar-refractivity contribution in [2.75, 3.05) is 19.6 Å². The highest BCUT2D eigenvalue weighted by Crippen LogP contribution is 2.34. The van der Waals surface area contributed by atoms with Crippen LogP contribution in [0.3, 0.4) is 0 Å². The van der Waals surface area contributed by atoms with Gasteiger partial charge >= 0.3 is 0 Å². The van der Waals surface area contributed by atoms with Gasteiger partial charge in [0, 0.05) is 6.54 Å². The average molecular weight is 211 g/mol. The third-order valence-corrected chi connectivity index (χ3v) is 3.51. The molecule has 1 rings (SSSR count). The number of likely N-dealkylation sites (tertiary alicyclic amines) is 1. The molecule has 0 aromatic carbocycles. The normalized spacial score (nSPS) is 22.0. The first kappa shape index (κ1) is 13.0. The fourth-order valence-corrected chi connectivity index (χ4v) is 2.63. The second kappa shape index (κ2) is 4.45. The zero-order chi connectivity index (χ0) is 11.7. The van der Waals surface area contributed by atoms with Crippen LogP contribution in [-0.2, 0) is 0 Å². The minimum absolute atomic E-state index is 0.453. The van der Waals surface area contributed by atoms with E-state index in [1.54, 1.807) is 0 Å². The monoisotopic (exact) mass is 211 g/mol. The van der Waals surface area contributed by atoms with E-state index in [2.05, 4.69) is 46.4 Å². The topological polar surface area (TPSA) is 3.24 Å². The van der Waals surface area contributed by atoms with Crippen LogP contribution >= 0.6 is 0 Å². The first-order valence-electron chi connectivity index (χ1n) is 6.41. The molecule has 0 aliphatic carbocycles. The molecule has 1 aliphatic heterocycles. The third-order valence-electron chi connectivity index (χ3n) is 3.51. The fourth-order valence-electron chi connectivity index (χ4n) is 2.63. The van der Waals surface area contributed by atoms with E-state index < -0.39 is 0 Å². The molecule has 0 aromatic rings. The van der Waals surface area contributed by atoms with Crippen LogP contribution in [-0.4, -0.2) is 24.5 Å². The van der Waals surface area contributed by atoms with Crippen molar-refractivity contribution in [2.45, 2.75) is 54.4 Å². The zero-order valence-corrected chi connectivity index (χ0v) is 11.6. The molecule has 1 heterocycles. The van der Waals surface area contributed by atoms with Gasteiger partial charge in [0.2, 0.25) is 0 Å². The molecule has 0 unspecified atom stereocenters. The summed E-state index contributed by atoms with van der Waals surface area (Å²) in [6, 6.07) is 0. The quantitative estimate of drug-likeness (QED) is 0.638. The molecule has 0 spiro atoms. The minimum atomic E-state index is 0.453. The summed E-state index contributed by atoms with van der Waals surface area (Å²) in [6.07, 6.45) is 2.78. The van der Waals surface area contributed by atoms with Gasteiger partial charge in [-0.1, -0.05) is 41.5 Å². The molecule has 1 heteroatoms. The molecule has 1 fully saturated rings. The Balaban J connectivity index is 2.37. The largest absolute Gasteiger partial charge is 0.303 e. The summed E-state index contributed by atoms with van der Waals surface area (Å²) >= 11 is 0. The maximum Gasteiger partial charge on any atom is 0.00300 e. The van der Waals surface area contributed by atoms with Gasteiger partial charge < -0.3 is 4.90 Å². The lowest BCUT2D eigenvalue weighted by Gasteiger charge is -2.40. The van der Waals surface area contributed by atoms with Crippen molar-refractivity contribution in [1.29, 1.82) is 0 Å². The van der Waals surface area contributed by atoms with Gasteiger partial charge in [-0.25, -0.2) is 0 Å². The summed E-state index contributed by atoms with van der Waals surface area (Å²) in [6.45, 7) is 18.0. The summed E-state index contributed by atoms with van der Waals surface area (Å²) in [7, 11) is 0. The Bertz CT molecular complexity index is 186. The first-order chi connectivity index (χ1) is 6.68. The molecule has 1 nitrogen and oxygen atoms in total. The van der Waals surface area contributed by atoms with E-state index in [0.717, 1.165) is 5.92 Å². The van der Waals surface area contributed by atoms with Crippen molar-refractivity contribution >= 4 is 0 Å². The van der Waals surface area contributed by atoms with Crippen LogP contribution in [0.25, 0.3) is 0 Å². The third kappa shape index (κ3) is 4.55. The molecule has 0 N–H and O–H groups in total. The van der Waals surface area contributed by atoms with E-state index in [1.807, 2.05) is 0 Å². The van der Waals surface area contributed by atoms with Crippen molar-refractivity contribution in [3.8, 4) is 0 Å². The number of hydrogen-bond donors (Lipinski definition) is 0. The highest BCUT2D eigenvalue weighted by molar-refractivity contribution is 4.82. The molecule has 0 atom stereocenters. The predicted molar refractivity (Wildman–Crippen MR) is 68.1 cm³/mol. The van der Waals surface area contributed by atoms with Gasteiger partial charge in [0.1, 0.15) is 0 Å². The SMILES string of the molecule is CC(C)(C)CN1CCC(C(C)(C)C)CC1. The van der Waals surface area contributed by atoms with Crippen LogP contribution in [0.2, 0.25) is 0 Å². The van der Waals surface area contributed by atoms with Crippen molar-refractivity contribution in [3.05, 3.63) is 0 Å². The summed E-state index contributed by atoms with van der Waals surface area (Å²) in [5.74, 6) is 0.925. The summed E-state index contributed by atoms with van der Waals surface area (Å²) < 4.78 is 0. The van der Waals surface area contributed by atoms with E-state index in [9.17, 15) is 0 Å². The van der Waals surface area contributed by atoms with Gasteiger partial charge in [0.05, 0.1) is 0 Å². The van der Waals surface area contributed by atoms with Crippen molar-refractivity contribution < 1.29 is 0 Å². The van der Waals surface area contributed by atoms with Crippen LogP contribution in [0.5, 0.6) is 0 Å². The van der Waals surface area contributed by atoms with E-state index in [4.69, 9.17) is 0 Å². The number of nitrogens with zero attached hydrogens (tertiary/aromatic N) is 1. The Labute approximate surface area is 96.2 Å². The predicted octanol–water partition coefficient (Wildman–Crippen LogP) is 3.79. The maximum atomic E-state index is 2.64. The molecule has 1 aliphatic rings. The van der Waals surface area contributed by atoms with E-state index in [1.165, 1.54) is 32.5 Å². The van der Waals surface area contributed by atoms with Crippen LogP contribution in [0, 0.1) is 16.7 Å². The summed E-state index contributed by atoms with van der Waals surface area (Å²) in [5.41, 5.74) is 0.961. The fraction of sp³-hybridized carbons (Fsp3) is 1.00. The average Bonchev–Trinajstić information content (AvgIpc) is 2.00. The highest BCUT2D eigenvalue weighted by atomic mass is 15.1. The van der Waals surface area contributed by atoms with Crippen LogP contribution in [0.4, 0.5) is 0 Å². The lowest BCUT2D eigenvalue weighted by Crippen LogP contribution is -2.41. The molecule has 0 bridgehead atoms. The molecule has 15 heavy (non-hydrogen) atoms. The first-order valence-corrected chi connectivity index (χ1v) is 6.41. The Morgan fingerprint density at radius 3 is 1.73 bits per heavy atom. The number of hydrogen-bond acceptors (Lipinski definition) is 1. The second-order valence-corrected chi connectivity index (χ2v) is 7.48. The van der Waals surface area contributed by atoms with Crippen LogP contribution in [0.1, 0.15) is 54.4 Å². The van der Waals surface area contributed by atoms with E-state index in [0.29, 0.717) is 10.8 Å². The van der Waals surface area contributed by atoms with Gasteiger partial charge in [-0.2, -0.15) is 0 Å². The van der Waals surface area contributed by atoms with Crippen molar-refractivity contribution in [2.24, 2.45) is 16.7 Å². The van der Waals surface area contributed by atoms with Crippen LogP contribution in [0.15, 0.2) is 0 Å². The summed E-state index contributed by atoms with van der Waals surface area (Å²) in [5, 5.41) is 0. The summed E-state index contributed by atoms with van der Waals surface area (Å²) in [4.78, 5) is 2.64. The Morgan fingerprint density at radius 2 is 1.40 bits per heavy atom. The van der Waals surface area contributed by atoms with Gasteiger partial charge in [-0.05, 0) is 42.7 Å². The molecular weight excluding hydrogens is 182 g/mol. The van der Waals surface area contributed by atoms with Crippen LogP contribution < -0.4 is 0 Å². The van der Waals surface area contributed by atoms with Crippen molar-refractivity contribution in [1.82, 2.24) is 4.90 Å². The van der Waals surface area contributed by atoms with Gasteiger partial charge in [0.15, 0.2) is 0 Å². The number of rotatable bonds is 1. The molecule has 0 radical (unpaired) electrons. The smallest absolute Gasteiger partial charge is 0.00300 e. The van der Waals surface area contributed by atoms with Crippen molar-refractivity contribution in [3.63, 3.8) is 0 Å². The highest BCUT2D eigenvalue weighted by Gasteiger charge is 2.29. The lowest BCUT2D eigenvalue weighted by atomic mass is 9.75. The molecular formula is C14H29N. The standard InChI is InChI=1S/C14H29N/c1-13(2,3)11-15-9-7-12(8-10-15)14(4,5)6/h12H,7-11H2,1-6H3. The Morgan fingerprint density at radius 1 is 0.933 bits per heavy atom. The molecule has 0 saturated carbocycles. The van der Waals surface area contributed by atoms with E-state index >= 15 is 0 Å². The molecule has 0 amide bonds. The Hall–Kier alpha value is -0.0400. The second-order valence-electron chi connectivity index (χ2n) is 7.48. The van der Waals surface area contributed by atoms with E-state index in [-0.39, 0.29) is 0 Å². The zero-order valence-electron chi connectivity index (χ0n) is 11.6. The maximum absolute atomic E-state index is 2.64. The number of piperidine rings is 1. The molecule has 0 aromatic heterocycles. The van der Waals surface area contributed by atoms with Gasteiger partial charge in [-0.15, -0.1) is 0 Å². The molecule has 90 valence electrons.